The fraction of sp³-hybridized carbons (Fsp3) is 0.333. The topological polar surface area (TPSA) is 29.5 Å². The molecule has 0 spiro atoms. The van der Waals surface area contributed by atoms with Crippen LogP contribution in [0.1, 0.15) is 0 Å². The Labute approximate surface area is 70.6 Å². The Morgan fingerprint density at radius 3 is 2.58 bits per heavy atom. The summed E-state index contributed by atoms with van der Waals surface area (Å²) in [5.74, 6) is 0.619. The molecule has 0 aliphatic heterocycles. The lowest BCUT2D eigenvalue weighted by molar-refractivity contribution is 0.123. The zero-order valence-electron chi connectivity index (χ0n) is 6.61. The molecule has 66 valence electrons. The highest BCUT2D eigenvalue weighted by molar-refractivity contribution is 5.20. The number of hydrogen-bond acceptors (Lipinski definition) is 2. The Morgan fingerprint density at radius 2 is 2.00 bits per heavy atom. The van der Waals surface area contributed by atoms with Gasteiger partial charge in [-0.05, 0) is 12.1 Å². The van der Waals surface area contributed by atoms with Crippen LogP contribution in [0.4, 0.5) is 4.39 Å². The van der Waals surface area contributed by atoms with E-state index in [9.17, 15) is 4.39 Å². The van der Waals surface area contributed by atoms with Crippen molar-refractivity contribution >= 4 is 0 Å². The number of hydrogen-bond donors (Lipinski definition) is 1. The van der Waals surface area contributed by atoms with Gasteiger partial charge in [0.2, 0.25) is 0 Å². The number of alkyl halides is 1. The van der Waals surface area contributed by atoms with Crippen LogP contribution in [0.25, 0.3) is 0 Å². The van der Waals surface area contributed by atoms with Crippen LogP contribution in [0, 0.1) is 0 Å². The Kier molecular flexibility index (Phi) is 3.54. The van der Waals surface area contributed by atoms with E-state index in [1.807, 2.05) is 18.2 Å². The summed E-state index contributed by atoms with van der Waals surface area (Å²) < 4.78 is 17.5. The lowest BCUT2D eigenvalue weighted by Gasteiger charge is -2.07. The van der Waals surface area contributed by atoms with Gasteiger partial charge in [0.1, 0.15) is 12.4 Å². The summed E-state index contributed by atoms with van der Waals surface area (Å²) in [5.41, 5.74) is 0. The highest BCUT2D eigenvalue weighted by Crippen LogP contribution is 2.08. The van der Waals surface area contributed by atoms with Crippen molar-refractivity contribution in [3.63, 3.8) is 0 Å². The van der Waals surface area contributed by atoms with Gasteiger partial charge in [-0.1, -0.05) is 18.2 Å². The number of rotatable bonds is 4. The fourth-order valence-corrected chi connectivity index (χ4v) is 0.756. The van der Waals surface area contributed by atoms with Crippen molar-refractivity contribution in [2.24, 2.45) is 0 Å². The monoisotopic (exact) mass is 170 g/mol. The largest absolute Gasteiger partial charge is 0.490 e. The average molecular weight is 170 g/mol. The van der Waals surface area contributed by atoms with Gasteiger partial charge < -0.3 is 9.84 Å². The highest BCUT2D eigenvalue weighted by atomic mass is 19.1. The van der Waals surface area contributed by atoms with Crippen LogP contribution in [0.3, 0.4) is 0 Å². The Balaban J connectivity index is 2.33. The average Bonchev–Trinajstić information content (AvgIpc) is 2.16. The predicted octanol–water partition coefficient (Wildman–Crippen LogP) is 1.40. The van der Waals surface area contributed by atoms with Crippen molar-refractivity contribution in [1.82, 2.24) is 0 Å². The second kappa shape index (κ2) is 4.72. The molecular weight excluding hydrogens is 159 g/mol. The quantitative estimate of drug-likeness (QED) is 0.740. The molecule has 0 saturated carbocycles. The zero-order chi connectivity index (χ0) is 8.81. The standard InChI is InChI=1S/C9H11FO2/c10-8(6-11)7-12-9-4-2-1-3-5-9/h1-5,8,11H,6-7H2/t8-/m0/s1. The first-order chi connectivity index (χ1) is 5.83. The minimum absolute atomic E-state index is 0.0967. The minimum Gasteiger partial charge on any atom is -0.490 e. The van der Waals surface area contributed by atoms with Gasteiger partial charge in [-0.15, -0.1) is 0 Å². The molecule has 0 radical (unpaired) electrons. The maximum absolute atomic E-state index is 12.4. The van der Waals surface area contributed by atoms with E-state index in [-0.39, 0.29) is 6.61 Å². The molecule has 0 aromatic heterocycles. The SMILES string of the molecule is OC[C@H](F)COc1ccccc1. The van der Waals surface area contributed by atoms with Crippen molar-refractivity contribution in [3.8, 4) is 5.75 Å². The molecule has 0 aliphatic rings. The maximum atomic E-state index is 12.4. The highest BCUT2D eigenvalue weighted by Gasteiger charge is 2.03. The summed E-state index contributed by atoms with van der Waals surface area (Å²) in [6, 6.07) is 8.95. The summed E-state index contributed by atoms with van der Waals surface area (Å²) in [6.07, 6.45) is -1.30. The van der Waals surface area contributed by atoms with E-state index < -0.39 is 12.8 Å². The van der Waals surface area contributed by atoms with Gasteiger partial charge in [0, 0.05) is 0 Å². The zero-order valence-corrected chi connectivity index (χ0v) is 6.61. The Bertz CT molecular complexity index is 213. The second-order valence-corrected chi connectivity index (χ2v) is 2.40. The van der Waals surface area contributed by atoms with E-state index in [0.717, 1.165) is 0 Å². The first-order valence-electron chi connectivity index (χ1n) is 3.75. The molecule has 0 aliphatic carbocycles. The molecule has 0 fully saturated rings. The maximum Gasteiger partial charge on any atom is 0.157 e. The first-order valence-corrected chi connectivity index (χ1v) is 3.75. The van der Waals surface area contributed by atoms with E-state index in [4.69, 9.17) is 9.84 Å². The molecule has 0 amide bonds. The van der Waals surface area contributed by atoms with Crippen molar-refractivity contribution < 1.29 is 14.2 Å². The molecule has 0 saturated heterocycles. The van der Waals surface area contributed by atoms with Gasteiger partial charge in [-0.25, -0.2) is 4.39 Å². The van der Waals surface area contributed by atoms with E-state index in [1.54, 1.807) is 12.1 Å². The lowest BCUT2D eigenvalue weighted by Crippen LogP contribution is -2.16. The molecule has 0 unspecified atom stereocenters. The molecule has 1 atom stereocenters. The second-order valence-electron chi connectivity index (χ2n) is 2.40. The lowest BCUT2D eigenvalue weighted by atomic mass is 10.3. The molecule has 3 heteroatoms. The van der Waals surface area contributed by atoms with Crippen LogP contribution >= 0.6 is 0 Å². The van der Waals surface area contributed by atoms with Gasteiger partial charge in [-0.3, -0.25) is 0 Å². The molecule has 0 heterocycles. The molecule has 1 aromatic carbocycles. The molecule has 1 N–H and O–H groups in total. The van der Waals surface area contributed by atoms with E-state index in [2.05, 4.69) is 0 Å². The summed E-state index contributed by atoms with van der Waals surface area (Å²) in [6.45, 7) is -0.590. The van der Waals surface area contributed by atoms with Gasteiger partial charge >= 0.3 is 0 Å². The van der Waals surface area contributed by atoms with Gasteiger partial charge in [0.15, 0.2) is 6.17 Å². The van der Waals surface area contributed by atoms with E-state index in [0.29, 0.717) is 5.75 Å². The predicted molar refractivity (Wildman–Crippen MR) is 43.9 cm³/mol. The van der Waals surface area contributed by atoms with Crippen molar-refractivity contribution in [1.29, 1.82) is 0 Å². The number of halogens is 1. The number of aliphatic hydroxyl groups excluding tert-OH is 1. The van der Waals surface area contributed by atoms with Crippen LogP contribution in [0.2, 0.25) is 0 Å². The van der Waals surface area contributed by atoms with Gasteiger partial charge in [0.05, 0.1) is 6.61 Å². The number of benzene rings is 1. The number of aliphatic hydroxyl groups is 1. The normalized spacial score (nSPS) is 12.5. The molecule has 2 nitrogen and oxygen atoms in total. The van der Waals surface area contributed by atoms with Crippen LogP contribution in [0.15, 0.2) is 30.3 Å². The van der Waals surface area contributed by atoms with Crippen molar-refractivity contribution in [2.45, 2.75) is 6.17 Å². The summed E-state index contributed by atoms with van der Waals surface area (Å²) >= 11 is 0. The smallest absolute Gasteiger partial charge is 0.157 e. The third-order valence-corrected chi connectivity index (χ3v) is 1.37. The van der Waals surface area contributed by atoms with Crippen LogP contribution < -0.4 is 4.74 Å². The molecule has 1 rings (SSSR count). The Hall–Kier alpha value is -1.09. The van der Waals surface area contributed by atoms with E-state index >= 15 is 0 Å². The third-order valence-electron chi connectivity index (χ3n) is 1.37. The van der Waals surface area contributed by atoms with E-state index in [1.165, 1.54) is 0 Å². The van der Waals surface area contributed by atoms with Crippen LogP contribution in [0.5, 0.6) is 5.75 Å². The molecular formula is C9H11FO2. The van der Waals surface area contributed by atoms with Gasteiger partial charge in [-0.2, -0.15) is 0 Å². The first kappa shape index (κ1) is 9.00. The molecule has 1 aromatic rings. The van der Waals surface area contributed by atoms with Crippen LogP contribution in [-0.4, -0.2) is 24.5 Å². The van der Waals surface area contributed by atoms with Crippen molar-refractivity contribution in [3.05, 3.63) is 30.3 Å². The Morgan fingerprint density at radius 1 is 1.33 bits per heavy atom. The number of para-hydroxylation sites is 1. The third kappa shape index (κ3) is 2.88. The van der Waals surface area contributed by atoms with Crippen molar-refractivity contribution in [2.75, 3.05) is 13.2 Å². The number of ether oxygens (including phenoxy) is 1. The fourth-order valence-electron chi connectivity index (χ4n) is 0.756. The molecule has 0 bridgehead atoms. The van der Waals surface area contributed by atoms with Gasteiger partial charge in [0.25, 0.3) is 0 Å². The molecule has 12 heavy (non-hydrogen) atoms. The minimum atomic E-state index is -1.30. The van der Waals surface area contributed by atoms with Crippen LogP contribution in [-0.2, 0) is 0 Å². The summed E-state index contributed by atoms with van der Waals surface area (Å²) in [7, 11) is 0. The summed E-state index contributed by atoms with van der Waals surface area (Å²) in [5, 5.41) is 8.36. The summed E-state index contributed by atoms with van der Waals surface area (Å²) in [4.78, 5) is 0.